The minimum Gasteiger partial charge on any atom is -0.465 e. The van der Waals surface area contributed by atoms with Gasteiger partial charge in [0.2, 0.25) is 0 Å². The van der Waals surface area contributed by atoms with Gasteiger partial charge in [0.15, 0.2) is 0 Å². The number of carbonyl (C=O) groups excluding carboxylic acids is 1. The lowest BCUT2D eigenvalue weighted by atomic mass is 9.84. The highest BCUT2D eigenvalue weighted by molar-refractivity contribution is 5.95. The number of carbonyl (C=O) groups is 1. The molecule has 0 spiro atoms. The lowest BCUT2D eigenvalue weighted by molar-refractivity contribution is 0.0118. The molecule has 20 heavy (non-hydrogen) atoms. The Morgan fingerprint density at radius 2 is 1.95 bits per heavy atom. The van der Waals surface area contributed by atoms with Crippen LogP contribution in [-0.2, 0) is 4.74 Å². The van der Waals surface area contributed by atoms with Gasteiger partial charge in [0.25, 0.3) is 0 Å². The molecular weight excluding hydrogens is 254 g/mol. The van der Waals surface area contributed by atoms with Crippen molar-refractivity contribution in [2.75, 3.05) is 25.6 Å². The van der Waals surface area contributed by atoms with Crippen LogP contribution in [0.2, 0.25) is 0 Å². The van der Waals surface area contributed by atoms with Crippen LogP contribution < -0.4 is 4.90 Å². The third kappa shape index (κ3) is 3.31. The number of likely N-dealkylation sites (N-methyl/N-ethyl adjacent to an activating group) is 1. The van der Waals surface area contributed by atoms with Crippen LogP contribution in [0.5, 0.6) is 0 Å². The number of hydrogen-bond acceptors (Lipinski definition) is 4. The van der Waals surface area contributed by atoms with Crippen LogP contribution in [0.1, 0.15) is 42.5 Å². The van der Waals surface area contributed by atoms with Crippen LogP contribution in [0.25, 0.3) is 0 Å². The van der Waals surface area contributed by atoms with Crippen LogP contribution in [0.15, 0.2) is 24.3 Å². The number of ether oxygens (including phenoxy) is 1. The van der Waals surface area contributed by atoms with Crippen LogP contribution in [-0.4, -0.2) is 37.4 Å². The molecule has 0 saturated heterocycles. The van der Waals surface area contributed by atoms with E-state index in [1.807, 2.05) is 30.1 Å². The smallest absolute Gasteiger partial charge is 0.339 e. The predicted molar refractivity (Wildman–Crippen MR) is 79.1 cm³/mol. The van der Waals surface area contributed by atoms with E-state index in [4.69, 9.17) is 4.74 Å². The fraction of sp³-hybridized carbons (Fsp3) is 0.562. The molecule has 1 aliphatic rings. The highest BCUT2D eigenvalue weighted by Crippen LogP contribution is 2.30. The number of esters is 1. The Kier molecular flexibility index (Phi) is 4.65. The SMILES string of the molecule is COC(=O)c1ccccc1N(C)CC1(O)CCCCC1. The molecule has 0 atom stereocenters. The van der Waals surface area contributed by atoms with Gasteiger partial charge in [-0.25, -0.2) is 4.79 Å². The van der Waals surface area contributed by atoms with E-state index in [0.29, 0.717) is 12.1 Å². The summed E-state index contributed by atoms with van der Waals surface area (Å²) in [5.41, 5.74) is 0.700. The maximum absolute atomic E-state index is 11.8. The number of nitrogens with zero attached hydrogens (tertiary/aromatic N) is 1. The van der Waals surface area contributed by atoms with Gasteiger partial charge in [0.05, 0.1) is 24.0 Å². The maximum atomic E-state index is 11.8. The summed E-state index contributed by atoms with van der Waals surface area (Å²) < 4.78 is 4.81. The quantitative estimate of drug-likeness (QED) is 0.859. The van der Waals surface area contributed by atoms with Crippen LogP contribution >= 0.6 is 0 Å². The molecule has 1 aromatic carbocycles. The van der Waals surface area contributed by atoms with Crippen molar-refractivity contribution in [3.05, 3.63) is 29.8 Å². The first kappa shape index (κ1) is 14.9. The molecule has 0 aliphatic heterocycles. The van der Waals surface area contributed by atoms with E-state index in [9.17, 15) is 9.90 Å². The van der Waals surface area contributed by atoms with Crippen molar-refractivity contribution in [1.29, 1.82) is 0 Å². The number of para-hydroxylation sites is 1. The third-order valence-corrected chi connectivity index (χ3v) is 4.04. The second-order valence-electron chi connectivity index (χ2n) is 5.65. The van der Waals surface area contributed by atoms with Crippen molar-refractivity contribution in [2.24, 2.45) is 0 Å². The van der Waals surface area contributed by atoms with Gasteiger partial charge in [-0.1, -0.05) is 31.4 Å². The number of rotatable bonds is 4. The molecule has 0 amide bonds. The molecule has 0 radical (unpaired) electrons. The van der Waals surface area contributed by atoms with E-state index >= 15 is 0 Å². The summed E-state index contributed by atoms with van der Waals surface area (Å²) in [6.07, 6.45) is 5.01. The minimum atomic E-state index is -0.643. The zero-order chi connectivity index (χ0) is 14.6. The number of anilines is 1. The fourth-order valence-electron chi connectivity index (χ4n) is 2.98. The van der Waals surface area contributed by atoms with Gasteiger partial charge in [-0.15, -0.1) is 0 Å². The average molecular weight is 277 g/mol. The summed E-state index contributed by atoms with van der Waals surface area (Å²) in [6.45, 7) is 0.543. The Hall–Kier alpha value is -1.55. The Bertz CT molecular complexity index is 467. The first-order valence-corrected chi connectivity index (χ1v) is 7.17. The molecule has 110 valence electrons. The van der Waals surface area contributed by atoms with E-state index in [-0.39, 0.29) is 5.97 Å². The molecule has 1 aromatic rings. The largest absolute Gasteiger partial charge is 0.465 e. The van der Waals surface area contributed by atoms with Crippen molar-refractivity contribution >= 4 is 11.7 Å². The summed E-state index contributed by atoms with van der Waals surface area (Å²) in [6, 6.07) is 7.35. The third-order valence-electron chi connectivity index (χ3n) is 4.04. The fourth-order valence-corrected chi connectivity index (χ4v) is 2.98. The molecule has 0 heterocycles. The average Bonchev–Trinajstić information content (AvgIpc) is 2.46. The Morgan fingerprint density at radius 3 is 2.60 bits per heavy atom. The van der Waals surface area contributed by atoms with Gasteiger partial charge in [-0.05, 0) is 25.0 Å². The molecule has 1 aliphatic carbocycles. The summed E-state index contributed by atoms with van der Waals surface area (Å²) in [7, 11) is 3.29. The van der Waals surface area contributed by atoms with E-state index in [0.717, 1.165) is 31.4 Å². The minimum absolute atomic E-state index is 0.344. The van der Waals surface area contributed by atoms with Gasteiger partial charge in [-0.2, -0.15) is 0 Å². The molecule has 1 fully saturated rings. The molecule has 4 nitrogen and oxygen atoms in total. The second kappa shape index (κ2) is 6.27. The Labute approximate surface area is 120 Å². The van der Waals surface area contributed by atoms with Crippen molar-refractivity contribution in [2.45, 2.75) is 37.7 Å². The van der Waals surface area contributed by atoms with E-state index < -0.39 is 5.60 Å². The predicted octanol–water partition coefficient (Wildman–Crippen LogP) is 2.60. The first-order chi connectivity index (χ1) is 9.56. The Balaban J connectivity index is 2.16. The van der Waals surface area contributed by atoms with E-state index in [1.165, 1.54) is 13.5 Å². The summed E-state index contributed by atoms with van der Waals surface area (Å²) in [5, 5.41) is 10.6. The number of aliphatic hydroxyl groups is 1. The monoisotopic (exact) mass is 277 g/mol. The second-order valence-corrected chi connectivity index (χ2v) is 5.65. The topological polar surface area (TPSA) is 49.8 Å². The molecule has 0 unspecified atom stereocenters. The standard InChI is InChI=1S/C16H23NO3/c1-17(12-16(19)10-6-3-7-11-16)14-9-5-4-8-13(14)15(18)20-2/h4-5,8-9,19H,3,6-7,10-12H2,1-2H3. The van der Waals surface area contributed by atoms with Gasteiger partial charge >= 0.3 is 5.97 Å². The molecule has 2 rings (SSSR count). The zero-order valence-corrected chi connectivity index (χ0v) is 12.3. The molecule has 0 bridgehead atoms. The van der Waals surface area contributed by atoms with Crippen molar-refractivity contribution < 1.29 is 14.6 Å². The number of methoxy groups -OCH3 is 1. The van der Waals surface area contributed by atoms with Gasteiger partial charge in [-0.3, -0.25) is 0 Å². The van der Waals surface area contributed by atoms with E-state index in [1.54, 1.807) is 6.07 Å². The van der Waals surface area contributed by atoms with Gasteiger partial charge in [0.1, 0.15) is 0 Å². The molecule has 4 heteroatoms. The highest BCUT2D eigenvalue weighted by atomic mass is 16.5. The summed E-state index contributed by atoms with van der Waals surface area (Å²) in [4.78, 5) is 13.8. The molecule has 1 N–H and O–H groups in total. The summed E-state index contributed by atoms with van der Waals surface area (Å²) >= 11 is 0. The number of hydrogen-bond donors (Lipinski definition) is 1. The normalized spacial score (nSPS) is 17.6. The maximum Gasteiger partial charge on any atom is 0.339 e. The molecule has 1 saturated carbocycles. The number of benzene rings is 1. The van der Waals surface area contributed by atoms with Crippen LogP contribution in [0.3, 0.4) is 0 Å². The first-order valence-electron chi connectivity index (χ1n) is 7.17. The van der Waals surface area contributed by atoms with Crippen molar-refractivity contribution in [1.82, 2.24) is 0 Å². The zero-order valence-electron chi connectivity index (χ0n) is 12.3. The van der Waals surface area contributed by atoms with Gasteiger partial charge < -0.3 is 14.7 Å². The lowest BCUT2D eigenvalue weighted by Gasteiger charge is -2.36. The highest BCUT2D eigenvalue weighted by Gasteiger charge is 2.31. The molecular formula is C16H23NO3. The van der Waals surface area contributed by atoms with Crippen molar-refractivity contribution in [3.8, 4) is 0 Å². The van der Waals surface area contributed by atoms with E-state index in [2.05, 4.69) is 0 Å². The van der Waals surface area contributed by atoms with Crippen LogP contribution in [0.4, 0.5) is 5.69 Å². The Morgan fingerprint density at radius 1 is 1.30 bits per heavy atom. The summed E-state index contributed by atoms with van der Waals surface area (Å²) in [5.74, 6) is -0.344. The van der Waals surface area contributed by atoms with Gasteiger partial charge in [0, 0.05) is 13.6 Å². The van der Waals surface area contributed by atoms with Crippen LogP contribution in [0, 0.1) is 0 Å². The molecule has 0 aromatic heterocycles. The lowest BCUT2D eigenvalue weighted by Crippen LogP contribution is -2.43. The van der Waals surface area contributed by atoms with Crippen molar-refractivity contribution in [3.63, 3.8) is 0 Å².